The number of thioether (sulfide) groups is 1. The van der Waals surface area contributed by atoms with Crippen LogP contribution in [0.3, 0.4) is 0 Å². The number of carbonyl (C=O) groups excluding carboxylic acids is 1. The number of carbonyl (C=O) groups is 1. The summed E-state index contributed by atoms with van der Waals surface area (Å²) in [7, 11) is 0. The number of rotatable bonds is 2. The minimum absolute atomic E-state index is 0.00513. The van der Waals surface area contributed by atoms with Crippen LogP contribution in [0.15, 0.2) is 47.6 Å². The molecule has 5 rings (SSSR count). The van der Waals surface area contributed by atoms with Crippen LogP contribution in [0.1, 0.15) is 36.0 Å². The number of fused-ring (bicyclic) bond motifs is 2. The highest BCUT2D eigenvalue weighted by Crippen LogP contribution is 2.54. The molecule has 0 aromatic heterocycles. The van der Waals surface area contributed by atoms with E-state index in [-0.39, 0.29) is 17.6 Å². The topological polar surface area (TPSA) is 53.9 Å². The number of hydrazone groups is 1. The van der Waals surface area contributed by atoms with E-state index in [1.54, 1.807) is 17.1 Å². The first-order valence-corrected chi connectivity index (χ1v) is 11.2. The van der Waals surface area contributed by atoms with E-state index < -0.39 is 4.87 Å². The van der Waals surface area contributed by atoms with E-state index in [0.29, 0.717) is 30.2 Å². The van der Waals surface area contributed by atoms with E-state index in [2.05, 4.69) is 5.32 Å². The molecule has 2 unspecified atom stereocenters. The Morgan fingerprint density at radius 3 is 3.03 bits per heavy atom. The number of nitrogens with zero attached hydrogens (tertiary/aromatic N) is 2. The molecule has 1 fully saturated rings. The van der Waals surface area contributed by atoms with Gasteiger partial charge in [-0.2, -0.15) is 5.10 Å². The van der Waals surface area contributed by atoms with Crippen molar-refractivity contribution in [3.8, 4) is 5.75 Å². The SMILES string of the molecule is Cc1ccc(F)c(C2=NN(C(=O)C3CCCNC3)C3(CCOc4ccccc43)S2)c1. The van der Waals surface area contributed by atoms with Crippen molar-refractivity contribution < 1.29 is 13.9 Å². The second kappa shape index (κ2) is 7.71. The quantitative estimate of drug-likeness (QED) is 0.790. The predicted octanol–water partition coefficient (Wildman–Crippen LogP) is 4.01. The van der Waals surface area contributed by atoms with Gasteiger partial charge in [0.25, 0.3) is 0 Å². The normalized spacial score (nSPS) is 25.6. The molecule has 30 heavy (non-hydrogen) atoms. The maximum atomic E-state index is 14.7. The summed E-state index contributed by atoms with van der Waals surface area (Å²) in [5.74, 6) is 0.305. The van der Waals surface area contributed by atoms with Crippen LogP contribution < -0.4 is 10.1 Å². The van der Waals surface area contributed by atoms with Crippen molar-refractivity contribution in [1.82, 2.24) is 10.3 Å². The highest BCUT2D eigenvalue weighted by Gasteiger charge is 2.52. The van der Waals surface area contributed by atoms with Crippen molar-refractivity contribution in [1.29, 1.82) is 0 Å². The molecule has 1 amide bonds. The third-order valence-corrected chi connectivity index (χ3v) is 7.44. The Bertz CT molecular complexity index is 1020. The van der Waals surface area contributed by atoms with Gasteiger partial charge in [0.05, 0.1) is 12.5 Å². The Kier molecular flexibility index (Phi) is 5.03. The Labute approximate surface area is 179 Å². The van der Waals surface area contributed by atoms with Crippen molar-refractivity contribution in [3.63, 3.8) is 0 Å². The maximum absolute atomic E-state index is 14.7. The third-order valence-electron chi connectivity index (χ3n) is 6.01. The molecule has 0 radical (unpaired) electrons. The number of nitrogens with one attached hydrogen (secondary N) is 1. The second-order valence-corrected chi connectivity index (χ2v) is 9.33. The number of hydrogen-bond donors (Lipinski definition) is 1. The van der Waals surface area contributed by atoms with E-state index in [1.165, 1.54) is 17.8 Å². The molecule has 5 nitrogen and oxygen atoms in total. The van der Waals surface area contributed by atoms with Gasteiger partial charge < -0.3 is 10.1 Å². The van der Waals surface area contributed by atoms with Crippen LogP contribution in [0.25, 0.3) is 0 Å². The van der Waals surface area contributed by atoms with Gasteiger partial charge in [-0.05, 0) is 44.5 Å². The zero-order valence-corrected chi connectivity index (χ0v) is 17.7. The fourth-order valence-electron chi connectivity index (χ4n) is 4.45. The number of hydrogen-bond acceptors (Lipinski definition) is 5. The van der Waals surface area contributed by atoms with Crippen LogP contribution in [0.2, 0.25) is 0 Å². The summed E-state index contributed by atoms with van der Waals surface area (Å²) in [5, 5.41) is 10.3. The summed E-state index contributed by atoms with van der Waals surface area (Å²) in [4.78, 5) is 12.9. The van der Waals surface area contributed by atoms with Crippen LogP contribution in [0.5, 0.6) is 5.75 Å². The minimum Gasteiger partial charge on any atom is -0.493 e. The van der Waals surface area contributed by atoms with Gasteiger partial charge >= 0.3 is 0 Å². The van der Waals surface area contributed by atoms with Crippen LogP contribution in [-0.2, 0) is 9.67 Å². The molecule has 3 heterocycles. The van der Waals surface area contributed by atoms with E-state index in [4.69, 9.17) is 9.84 Å². The van der Waals surface area contributed by atoms with Crippen LogP contribution in [-0.4, -0.2) is 35.7 Å². The van der Waals surface area contributed by atoms with Crippen molar-refractivity contribution in [2.24, 2.45) is 11.0 Å². The fourth-order valence-corrected chi connectivity index (χ4v) is 5.84. The van der Waals surface area contributed by atoms with E-state index in [1.807, 2.05) is 31.2 Å². The number of amides is 1. The first-order valence-electron chi connectivity index (χ1n) is 10.4. The molecule has 7 heteroatoms. The summed E-state index contributed by atoms with van der Waals surface area (Å²) in [6.07, 6.45) is 2.40. The Morgan fingerprint density at radius 2 is 2.20 bits per heavy atom. The monoisotopic (exact) mass is 425 g/mol. The maximum Gasteiger partial charge on any atom is 0.248 e. The molecule has 1 spiro atoms. The van der Waals surface area contributed by atoms with Crippen molar-refractivity contribution in [2.45, 2.75) is 31.1 Å². The molecule has 3 aliphatic rings. The number of aryl methyl sites for hydroxylation is 1. The van der Waals surface area contributed by atoms with Crippen molar-refractivity contribution >= 4 is 22.7 Å². The molecule has 1 N–H and O–H groups in total. The molecular formula is C23H24FN3O2S. The highest BCUT2D eigenvalue weighted by molar-refractivity contribution is 8.15. The van der Waals surface area contributed by atoms with E-state index in [0.717, 1.165) is 36.3 Å². The first kappa shape index (κ1) is 19.6. The van der Waals surface area contributed by atoms with Gasteiger partial charge in [-0.25, -0.2) is 9.40 Å². The highest BCUT2D eigenvalue weighted by atomic mass is 32.2. The molecule has 1 saturated heterocycles. The van der Waals surface area contributed by atoms with Crippen molar-refractivity contribution in [3.05, 3.63) is 65.0 Å². The largest absolute Gasteiger partial charge is 0.493 e. The number of ether oxygens (including phenoxy) is 1. The Morgan fingerprint density at radius 1 is 1.33 bits per heavy atom. The fraction of sp³-hybridized carbons (Fsp3) is 0.391. The number of benzene rings is 2. The lowest BCUT2D eigenvalue weighted by molar-refractivity contribution is -0.140. The zero-order chi connectivity index (χ0) is 20.7. The second-order valence-electron chi connectivity index (χ2n) is 8.06. The lowest BCUT2D eigenvalue weighted by Gasteiger charge is -2.41. The molecule has 0 aliphatic carbocycles. The standard InChI is InChI=1S/C23H24FN3O2S/c1-15-8-9-19(24)17(13-15)21-26-27(22(28)16-5-4-11-25-14-16)23(30-21)10-12-29-20-7-3-2-6-18(20)23/h2-3,6-9,13,16,25H,4-5,10-12,14H2,1H3. The summed E-state index contributed by atoms with van der Waals surface area (Å²) < 4.78 is 20.6. The molecular weight excluding hydrogens is 401 g/mol. The number of halogens is 1. The summed E-state index contributed by atoms with van der Waals surface area (Å²) in [6, 6.07) is 12.8. The van der Waals surface area contributed by atoms with E-state index in [9.17, 15) is 9.18 Å². The van der Waals surface area contributed by atoms with E-state index >= 15 is 0 Å². The summed E-state index contributed by atoms with van der Waals surface area (Å²) in [6.45, 7) is 4.00. The lowest BCUT2D eigenvalue weighted by Crippen LogP contribution is -2.49. The van der Waals surface area contributed by atoms with Crippen LogP contribution in [0, 0.1) is 18.7 Å². The number of piperidine rings is 1. The lowest BCUT2D eigenvalue weighted by atomic mass is 9.94. The van der Waals surface area contributed by atoms with Crippen LogP contribution in [0.4, 0.5) is 4.39 Å². The summed E-state index contributed by atoms with van der Waals surface area (Å²) in [5.41, 5.74) is 2.32. The minimum atomic E-state index is -0.713. The molecule has 3 aliphatic heterocycles. The number of para-hydroxylation sites is 1. The average molecular weight is 426 g/mol. The Hall–Kier alpha value is -2.38. The molecule has 0 saturated carbocycles. The van der Waals surface area contributed by atoms with Gasteiger partial charge in [0.2, 0.25) is 5.91 Å². The molecule has 156 valence electrons. The molecule has 2 aromatic carbocycles. The molecule has 2 atom stereocenters. The molecule has 0 bridgehead atoms. The third kappa shape index (κ3) is 3.20. The van der Waals surface area contributed by atoms with Gasteiger partial charge in [0.15, 0.2) is 0 Å². The van der Waals surface area contributed by atoms with Gasteiger partial charge in [0, 0.05) is 24.1 Å². The van der Waals surface area contributed by atoms with Crippen LogP contribution >= 0.6 is 11.8 Å². The zero-order valence-electron chi connectivity index (χ0n) is 16.9. The van der Waals surface area contributed by atoms with Gasteiger partial charge in [-0.15, -0.1) is 0 Å². The van der Waals surface area contributed by atoms with Gasteiger partial charge in [-0.1, -0.05) is 41.6 Å². The first-order chi connectivity index (χ1) is 14.6. The Balaban J connectivity index is 1.62. The smallest absolute Gasteiger partial charge is 0.248 e. The summed E-state index contributed by atoms with van der Waals surface area (Å²) >= 11 is 1.47. The average Bonchev–Trinajstić information content (AvgIpc) is 3.15. The van der Waals surface area contributed by atoms with Gasteiger partial charge in [-0.3, -0.25) is 4.79 Å². The van der Waals surface area contributed by atoms with Gasteiger partial charge in [0.1, 0.15) is 21.5 Å². The molecule has 2 aromatic rings. The predicted molar refractivity (Wildman–Crippen MR) is 116 cm³/mol. The van der Waals surface area contributed by atoms with Crippen molar-refractivity contribution in [2.75, 3.05) is 19.7 Å².